The van der Waals surface area contributed by atoms with E-state index in [4.69, 9.17) is 0 Å². The molecule has 2 aromatic carbocycles. The van der Waals surface area contributed by atoms with Gasteiger partial charge in [-0.1, -0.05) is 55.5 Å². The molecule has 0 aromatic heterocycles. The Morgan fingerprint density at radius 1 is 1.09 bits per heavy atom. The molecule has 1 amide bonds. The number of likely N-dealkylation sites (tertiary alicyclic amines) is 1. The molecule has 1 N–H and O–H groups in total. The predicted molar refractivity (Wildman–Crippen MR) is 91.4 cm³/mol. The fourth-order valence-corrected chi connectivity index (χ4v) is 3.54. The first-order valence-electron chi connectivity index (χ1n) is 8.27. The quantitative estimate of drug-likeness (QED) is 0.943. The van der Waals surface area contributed by atoms with Gasteiger partial charge in [-0.05, 0) is 30.5 Å². The Kier molecular flexibility index (Phi) is 4.77. The number of hydrogen-bond acceptors (Lipinski definition) is 2. The van der Waals surface area contributed by atoms with Gasteiger partial charge in [0.15, 0.2) is 0 Å². The normalized spacial score (nSPS) is 22.6. The average molecular weight is 309 g/mol. The molecule has 2 aromatic rings. The number of rotatable bonds is 3. The number of benzene rings is 2. The molecular formula is C20H23NO2. The number of aliphatic hydroxyl groups excluding tert-OH is 1. The molecule has 3 nitrogen and oxygen atoms in total. The SMILES string of the molecule is CC(c1ccccc1)[C@@H]1[C@H](O)CCCN1C(=O)c1ccccc1. The van der Waals surface area contributed by atoms with Crippen LogP contribution >= 0.6 is 0 Å². The number of carbonyl (C=O) groups is 1. The highest BCUT2D eigenvalue weighted by molar-refractivity contribution is 5.94. The van der Waals surface area contributed by atoms with Crippen molar-refractivity contribution >= 4 is 5.91 Å². The highest BCUT2D eigenvalue weighted by atomic mass is 16.3. The van der Waals surface area contributed by atoms with Gasteiger partial charge in [0.2, 0.25) is 0 Å². The minimum Gasteiger partial charge on any atom is -0.391 e. The number of amides is 1. The molecule has 23 heavy (non-hydrogen) atoms. The van der Waals surface area contributed by atoms with E-state index in [1.165, 1.54) is 0 Å². The van der Waals surface area contributed by atoms with Crippen LogP contribution < -0.4 is 0 Å². The van der Waals surface area contributed by atoms with Crippen molar-refractivity contribution in [2.75, 3.05) is 6.54 Å². The topological polar surface area (TPSA) is 40.5 Å². The highest BCUT2D eigenvalue weighted by Gasteiger charge is 2.37. The zero-order valence-electron chi connectivity index (χ0n) is 13.4. The van der Waals surface area contributed by atoms with E-state index in [1.54, 1.807) is 0 Å². The summed E-state index contributed by atoms with van der Waals surface area (Å²) in [6.07, 6.45) is 1.12. The Hall–Kier alpha value is -2.13. The van der Waals surface area contributed by atoms with Crippen molar-refractivity contribution in [1.82, 2.24) is 4.90 Å². The van der Waals surface area contributed by atoms with Crippen molar-refractivity contribution in [2.45, 2.75) is 37.8 Å². The highest BCUT2D eigenvalue weighted by Crippen LogP contribution is 2.31. The zero-order chi connectivity index (χ0) is 16.2. The molecule has 1 aliphatic rings. The molecule has 3 atom stereocenters. The second kappa shape index (κ2) is 6.97. The molecule has 0 spiro atoms. The van der Waals surface area contributed by atoms with Gasteiger partial charge in [-0.3, -0.25) is 4.79 Å². The monoisotopic (exact) mass is 309 g/mol. The zero-order valence-corrected chi connectivity index (χ0v) is 13.4. The first-order valence-corrected chi connectivity index (χ1v) is 8.27. The number of aliphatic hydroxyl groups is 1. The van der Waals surface area contributed by atoms with Crippen molar-refractivity contribution in [3.8, 4) is 0 Å². The number of nitrogens with zero attached hydrogens (tertiary/aromatic N) is 1. The molecule has 0 bridgehead atoms. The Balaban J connectivity index is 1.89. The van der Waals surface area contributed by atoms with Gasteiger partial charge in [0, 0.05) is 18.0 Å². The maximum Gasteiger partial charge on any atom is 0.254 e. The average Bonchev–Trinajstić information content (AvgIpc) is 2.62. The van der Waals surface area contributed by atoms with Gasteiger partial charge in [0.1, 0.15) is 0 Å². The third-order valence-electron chi connectivity index (χ3n) is 4.77. The lowest BCUT2D eigenvalue weighted by Crippen LogP contribution is -2.53. The molecule has 1 saturated heterocycles. The summed E-state index contributed by atoms with van der Waals surface area (Å²) in [5, 5.41) is 10.6. The summed E-state index contributed by atoms with van der Waals surface area (Å²) in [7, 11) is 0. The minimum atomic E-state index is -0.480. The molecule has 3 rings (SSSR count). The van der Waals surface area contributed by atoms with Gasteiger partial charge in [-0.2, -0.15) is 0 Å². The lowest BCUT2D eigenvalue weighted by molar-refractivity contribution is 0.00367. The molecule has 0 saturated carbocycles. The Morgan fingerprint density at radius 2 is 1.70 bits per heavy atom. The van der Waals surface area contributed by atoms with Gasteiger partial charge in [0.25, 0.3) is 5.91 Å². The Bertz CT molecular complexity index is 641. The first kappa shape index (κ1) is 15.8. The minimum absolute atomic E-state index is 0.0112. The van der Waals surface area contributed by atoms with Crippen molar-refractivity contribution in [1.29, 1.82) is 0 Å². The van der Waals surface area contributed by atoms with Gasteiger partial charge in [0.05, 0.1) is 12.1 Å². The van der Waals surface area contributed by atoms with E-state index in [0.29, 0.717) is 12.1 Å². The van der Waals surface area contributed by atoms with Crippen LogP contribution in [-0.2, 0) is 0 Å². The second-order valence-electron chi connectivity index (χ2n) is 6.26. The van der Waals surface area contributed by atoms with Crippen molar-refractivity contribution in [3.05, 3.63) is 71.8 Å². The summed E-state index contributed by atoms with van der Waals surface area (Å²) in [4.78, 5) is 14.8. The summed E-state index contributed by atoms with van der Waals surface area (Å²) in [6.45, 7) is 2.80. The lowest BCUT2D eigenvalue weighted by atomic mass is 9.84. The maximum absolute atomic E-state index is 12.9. The molecule has 3 heteroatoms. The van der Waals surface area contributed by atoms with Gasteiger partial charge >= 0.3 is 0 Å². The Morgan fingerprint density at radius 3 is 2.35 bits per heavy atom. The van der Waals surface area contributed by atoms with Gasteiger partial charge in [-0.25, -0.2) is 0 Å². The molecule has 1 aliphatic heterocycles. The smallest absolute Gasteiger partial charge is 0.254 e. The fraction of sp³-hybridized carbons (Fsp3) is 0.350. The summed E-state index contributed by atoms with van der Waals surface area (Å²) < 4.78 is 0. The maximum atomic E-state index is 12.9. The van der Waals surface area contributed by atoms with Crippen LogP contribution in [0.2, 0.25) is 0 Å². The third kappa shape index (κ3) is 3.30. The molecule has 120 valence electrons. The van der Waals surface area contributed by atoms with Crippen LogP contribution in [0.5, 0.6) is 0 Å². The fourth-order valence-electron chi connectivity index (χ4n) is 3.54. The Labute approximate surface area is 137 Å². The van der Waals surface area contributed by atoms with Crippen LogP contribution in [-0.4, -0.2) is 34.6 Å². The molecule has 1 fully saturated rings. The second-order valence-corrected chi connectivity index (χ2v) is 6.26. The van der Waals surface area contributed by atoms with Crippen LogP contribution in [0.3, 0.4) is 0 Å². The van der Waals surface area contributed by atoms with E-state index in [-0.39, 0.29) is 17.9 Å². The molecule has 1 unspecified atom stereocenters. The van der Waals surface area contributed by atoms with Gasteiger partial charge < -0.3 is 10.0 Å². The predicted octanol–water partition coefficient (Wildman–Crippen LogP) is 3.46. The number of carbonyl (C=O) groups excluding carboxylic acids is 1. The van der Waals surface area contributed by atoms with Crippen LogP contribution in [0, 0.1) is 0 Å². The summed E-state index contributed by atoms with van der Waals surface area (Å²) in [5.74, 6) is 0.108. The number of piperidine rings is 1. The standard InChI is InChI=1S/C20H23NO2/c1-15(16-9-4-2-5-10-16)19-18(22)13-8-14-21(19)20(23)17-11-6-3-7-12-17/h2-7,9-12,15,18-19,22H,8,13-14H2,1H3/t15?,18-,19-/m1/s1. The largest absolute Gasteiger partial charge is 0.391 e. The molecular weight excluding hydrogens is 286 g/mol. The van der Waals surface area contributed by atoms with Gasteiger partial charge in [-0.15, -0.1) is 0 Å². The van der Waals surface area contributed by atoms with E-state index < -0.39 is 6.10 Å². The molecule has 0 aliphatic carbocycles. The van der Waals surface area contributed by atoms with Crippen molar-refractivity contribution in [2.24, 2.45) is 0 Å². The van der Waals surface area contributed by atoms with Crippen LogP contribution in [0.4, 0.5) is 0 Å². The number of hydrogen-bond donors (Lipinski definition) is 1. The van der Waals surface area contributed by atoms with Crippen molar-refractivity contribution < 1.29 is 9.90 Å². The van der Waals surface area contributed by atoms with Crippen LogP contribution in [0.15, 0.2) is 60.7 Å². The van der Waals surface area contributed by atoms with Crippen LogP contribution in [0.25, 0.3) is 0 Å². The summed E-state index contributed by atoms with van der Waals surface area (Å²) in [5.41, 5.74) is 1.84. The first-order chi connectivity index (χ1) is 11.2. The summed E-state index contributed by atoms with van der Waals surface area (Å²) >= 11 is 0. The van der Waals surface area contributed by atoms with E-state index >= 15 is 0 Å². The van der Waals surface area contributed by atoms with E-state index in [1.807, 2.05) is 53.4 Å². The molecule has 0 radical (unpaired) electrons. The van der Waals surface area contributed by atoms with E-state index in [9.17, 15) is 9.90 Å². The summed E-state index contributed by atoms with van der Waals surface area (Å²) in [6, 6.07) is 19.3. The van der Waals surface area contributed by atoms with E-state index in [0.717, 1.165) is 18.4 Å². The molecule has 1 heterocycles. The van der Waals surface area contributed by atoms with E-state index in [2.05, 4.69) is 19.1 Å². The van der Waals surface area contributed by atoms with Crippen LogP contribution in [0.1, 0.15) is 41.6 Å². The van der Waals surface area contributed by atoms with Crippen molar-refractivity contribution in [3.63, 3.8) is 0 Å². The third-order valence-corrected chi connectivity index (χ3v) is 4.77. The lowest BCUT2D eigenvalue weighted by Gasteiger charge is -2.42.